The highest BCUT2D eigenvalue weighted by Gasteiger charge is 2.05. The zero-order valence-corrected chi connectivity index (χ0v) is 10.3. The Morgan fingerprint density at radius 3 is 2.88 bits per heavy atom. The molecule has 1 aromatic heterocycles. The van der Waals surface area contributed by atoms with Crippen LogP contribution in [-0.4, -0.2) is 16.7 Å². The number of hydrogen-bond donors (Lipinski definition) is 1. The highest BCUT2D eigenvalue weighted by atomic mass is 32.1. The van der Waals surface area contributed by atoms with Gasteiger partial charge in [-0.25, -0.2) is 0 Å². The first-order chi connectivity index (χ1) is 7.83. The van der Waals surface area contributed by atoms with Crippen LogP contribution in [0, 0.1) is 0 Å². The van der Waals surface area contributed by atoms with Crippen LogP contribution >= 0.6 is 11.3 Å². The minimum atomic E-state index is 0.879. The molecule has 84 valence electrons. The van der Waals surface area contributed by atoms with Crippen LogP contribution in [0.5, 0.6) is 0 Å². The second-order valence-electron chi connectivity index (χ2n) is 3.50. The molecule has 0 aliphatic carbocycles. The second kappa shape index (κ2) is 5.07. The number of benzene rings is 1. The van der Waals surface area contributed by atoms with E-state index in [2.05, 4.69) is 53.6 Å². The van der Waals surface area contributed by atoms with E-state index in [0.717, 1.165) is 28.7 Å². The average molecular weight is 233 g/mol. The molecule has 1 heterocycles. The molecule has 0 radical (unpaired) electrons. The van der Waals surface area contributed by atoms with Gasteiger partial charge in [-0.15, -0.1) is 10.2 Å². The summed E-state index contributed by atoms with van der Waals surface area (Å²) in [5.74, 6) is 0. The molecule has 4 heteroatoms. The van der Waals surface area contributed by atoms with E-state index in [1.54, 1.807) is 11.3 Å². The number of aromatic nitrogens is 2. The summed E-state index contributed by atoms with van der Waals surface area (Å²) in [5.41, 5.74) is 2.48. The van der Waals surface area contributed by atoms with E-state index in [1.165, 1.54) is 5.56 Å². The molecule has 0 aliphatic heterocycles. The summed E-state index contributed by atoms with van der Waals surface area (Å²) in [5, 5.41) is 13.3. The van der Waals surface area contributed by atoms with E-state index in [-0.39, 0.29) is 0 Å². The van der Waals surface area contributed by atoms with Gasteiger partial charge in [0.1, 0.15) is 5.01 Å². The Kier molecular flexibility index (Phi) is 3.51. The number of nitrogens with one attached hydrogen (secondary N) is 1. The van der Waals surface area contributed by atoms with Gasteiger partial charge in [-0.1, -0.05) is 36.5 Å². The smallest absolute Gasteiger partial charge is 0.205 e. The van der Waals surface area contributed by atoms with Crippen molar-refractivity contribution in [2.45, 2.75) is 20.3 Å². The van der Waals surface area contributed by atoms with E-state index in [9.17, 15) is 0 Å². The molecule has 0 fully saturated rings. The Hall–Kier alpha value is -1.42. The van der Waals surface area contributed by atoms with Crippen molar-refractivity contribution in [1.82, 2.24) is 10.2 Å². The van der Waals surface area contributed by atoms with Crippen LogP contribution in [0.1, 0.15) is 19.4 Å². The normalized spacial score (nSPS) is 10.4. The Labute approximate surface area is 99.5 Å². The van der Waals surface area contributed by atoms with Gasteiger partial charge >= 0.3 is 0 Å². The van der Waals surface area contributed by atoms with Gasteiger partial charge in [0.05, 0.1) is 0 Å². The maximum atomic E-state index is 4.19. The largest absolute Gasteiger partial charge is 0.360 e. The minimum absolute atomic E-state index is 0.879. The van der Waals surface area contributed by atoms with Crippen LogP contribution in [-0.2, 0) is 6.42 Å². The molecule has 0 atom stereocenters. The summed E-state index contributed by atoms with van der Waals surface area (Å²) in [6, 6.07) is 8.46. The number of nitrogens with zero attached hydrogens (tertiary/aromatic N) is 2. The molecule has 0 aliphatic rings. The summed E-state index contributed by atoms with van der Waals surface area (Å²) in [4.78, 5) is 0. The molecular weight excluding hydrogens is 218 g/mol. The molecule has 0 saturated heterocycles. The molecule has 0 bridgehead atoms. The molecule has 2 rings (SSSR count). The van der Waals surface area contributed by atoms with Gasteiger partial charge in [-0.3, -0.25) is 0 Å². The van der Waals surface area contributed by atoms with Crippen LogP contribution in [0.4, 0.5) is 5.13 Å². The first kappa shape index (κ1) is 11.1. The predicted octanol–water partition coefficient (Wildman–Crippen LogP) is 3.20. The van der Waals surface area contributed by atoms with Gasteiger partial charge in [0.2, 0.25) is 5.13 Å². The predicted molar refractivity (Wildman–Crippen MR) is 68.9 cm³/mol. The van der Waals surface area contributed by atoms with Crippen LogP contribution in [0.2, 0.25) is 0 Å². The standard InChI is InChI=1S/C12H15N3S/c1-3-9-6-5-7-10(8-9)11-14-15-12(16-11)13-4-2/h5-8H,3-4H2,1-2H3,(H,13,15). The summed E-state index contributed by atoms with van der Waals surface area (Å²) < 4.78 is 0. The van der Waals surface area contributed by atoms with Crippen molar-refractivity contribution in [3.8, 4) is 10.6 Å². The zero-order valence-electron chi connectivity index (χ0n) is 9.53. The summed E-state index contributed by atoms with van der Waals surface area (Å²) in [6.07, 6.45) is 1.05. The number of aryl methyl sites for hydroxylation is 1. The Morgan fingerprint density at radius 2 is 2.12 bits per heavy atom. The number of rotatable bonds is 4. The van der Waals surface area contributed by atoms with Crippen molar-refractivity contribution >= 4 is 16.5 Å². The van der Waals surface area contributed by atoms with Crippen LogP contribution in [0.25, 0.3) is 10.6 Å². The molecule has 3 nitrogen and oxygen atoms in total. The van der Waals surface area contributed by atoms with Crippen molar-refractivity contribution in [1.29, 1.82) is 0 Å². The Balaban J connectivity index is 2.27. The third kappa shape index (κ3) is 2.39. The molecule has 2 aromatic rings. The fourth-order valence-electron chi connectivity index (χ4n) is 1.49. The summed E-state index contributed by atoms with van der Waals surface area (Å²) >= 11 is 1.60. The lowest BCUT2D eigenvalue weighted by Gasteiger charge is -1.98. The van der Waals surface area contributed by atoms with Gasteiger partial charge in [0.25, 0.3) is 0 Å². The quantitative estimate of drug-likeness (QED) is 0.881. The number of anilines is 1. The number of hydrogen-bond acceptors (Lipinski definition) is 4. The van der Waals surface area contributed by atoms with Gasteiger partial charge in [0, 0.05) is 12.1 Å². The van der Waals surface area contributed by atoms with E-state index in [1.807, 2.05) is 0 Å². The molecule has 0 unspecified atom stereocenters. The van der Waals surface area contributed by atoms with Gasteiger partial charge in [-0.05, 0) is 25.0 Å². The molecule has 1 N–H and O–H groups in total. The van der Waals surface area contributed by atoms with E-state index >= 15 is 0 Å². The lowest BCUT2D eigenvalue weighted by molar-refractivity contribution is 1.07. The summed E-state index contributed by atoms with van der Waals surface area (Å²) in [6.45, 7) is 5.09. The maximum Gasteiger partial charge on any atom is 0.205 e. The van der Waals surface area contributed by atoms with Crippen molar-refractivity contribution in [3.05, 3.63) is 29.8 Å². The average Bonchev–Trinajstić information content (AvgIpc) is 2.78. The topological polar surface area (TPSA) is 37.8 Å². The highest BCUT2D eigenvalue weighted by Crippen LogP contribution is 2.26. The highest BCUT2D eigenvalue weighted by molar-refractivity contribution is 7.18. The Bertz CT molecular complexity index is 465. The van der Waals surface area contributed by atoms with E-state index < -0.39 is 0 Å². The monoisotopic (exact) mass is 233 g/mol. The zero-order chi connectivity index (χ0) is 11.4. The van der Waals surface area contributed by atoms with Crippen molar-refractivity contribution in [2.75, 3.05) is 11.9 Å². The lowest BCUT2D eigenvalue weighted by atomic mass is 10.1. The third-order valence-electron chi connectivity index (χ3n) is 2.34. The van der Waals surface area contributed by atoms with Crippen LogP contribution < -0.4 is 5.32 Å². The summed E-state index contributed by atoms with van der Waals surface area (Å²) in [7, 11) is 0. The first-order valence-corrected chi connectivity index (χ1v) is 6.31. The van der Waals surface area contributed by atoms with Gasteiger partial charge in [-0.2, -0.15) is 0 Å². The third-order valence-corrected chi connectivity index (χ3v) is 3.27. The van der Waals surface area contributed by atoms with E-state index in [0.29, 0.717) is 0 Å². The maximum absolute atomic E-state index is 4.19. The fraction of sp³-hybridized carbons (Fsp3) is 0.333. The SMILES string of the molecule is CCNc1nnc(-c2cccc(CC)c2)s1. The molecule has 0 spiro atoms. The van der Waals surface area contributed by atoms with Crippen molar-refractivity contribution < 1.29 is 0 Å². The molecule has 0 saturated carbocycles. The lowest BCUT2D eigenvalue weighted by Crippen LogP contribution is -1.94. The van der Waals surface area contributed by atoms with Crippen LogP contribution in [0.3, 0.4) is 0 Å². The van der Waals surface area contributed by atoms with E-state index in [4.69, 9.17) is 0 Å². The second-order valence-corrected chi connectivity index (χ2v) is 4.47. The fourth-order valence-corrected chi connectivity index (χ4v) is 2.29. The molecule has 1 aromatic carbocycles. The molecule has 16 heavy (non-hydrogen) atoms. The van der Waals surface area contributed by atoms with Crippen molar-refractivity contribution in [3.63, 3.8) is 0 Å². The minimum Gasteiger partial charge on any atom is -0.360 e. The molecular formula is C12H15N3S. The first-order valence-electron chi connectivity index (χ1n) is 5.50. The van der Waals surface area contributed by atoms with Gasteiger partial charge < -0.3 is 5.32 Å². The molecule has 0 amide bonds. The van der Waals surface area contributed by atoms with Crippen molar-refractivity contribution in [2.24, 2.45) is 0 Å². The van der Waals surface area contributed by atoms with Gasteiger partial charge in [0.15, 0.2) is 0 Å². The van der Waals surface area contributed by atoms with Crippen LogP contribution in [0.15, 0.2) is 24.3 Å². The Morgan fingerprint density at radius 1 is 1.25 bits per heavy atom.